The van der Waals surface area contributed by atoms with E-state index in [-0.39, 0.29) is 17.9 Å². The number of nitrogens with zero attached hydrogens (tertiary/aromatic N) is 4. The molecule has 1 amide bonds. The van der Waals surface area contributed by atoms with Gasteiger partial charge in [-0.05, 0) is 29.7 Å². The number of nitrogens with one attached hydrogen (secondary N) is 1. The van der Waals surface area contributed by atoms with Crippen LogP contribution < -0.4 is 5.32 Å². The lowest BCUT2D eigenvalue weighted by atomic mass is 10.0. The first kappa shape index (κ1) is 11.3. The van der Waals surface area contributed by atoms with Gasteiger partial charge in [-0.3, -0.25) is 10.1 Å². The van der Waals surface area contributed by atoms with Gasteiger partial charge in [0.2, 0.25) is 11.9 Å². The summed E-state index contributed by atoms with van der Waals surface area (Å²) >= 11 is 0. The van der Waals surface area contributed by atoms with Crippen molar-refractivity contribution in [3.63, 3.8) is 0 Å². The number of rotatable bonds is 4. The molecule has 0 radical (unpaired) electrons. The summed E-state index contributed by atoms with van der Waals surface area (Å²) in [4.78, 5) is 12.1. The Hall–Kier alpha value is -1.76. The number of carbonyl (C=O) groups is 1. The molecule has 18 heavy (non-hydrogen) atoms. The van der Waals surface area contributed by atoms with Crippen molar-refractivity contribution in [1.82, 2.24) is 20.2 Å². The Bertz CT molecular complexity index is 468. The summed E-state index contributed by atoms with van der Waals surface area (Å²) in [6.07, 6.45) is 4.29. The van der Waals surface area contributed by atoms with Crippen LogP contribution in [0.1, 0.15) is 25.3 Å². The molecule has 1 aliphatic heterocycles. The normalized spacial score (nSPS) is 27.1. The third-order valence-electron chi connectivity index (χ3n) is 3.33. The van der Waals surface area contributed by atoms with Crippen molar-refractivity contribution in [3.05, 3.63) is 12.7 Å². The summed E-state index contributed by atoms with van der Waals surface area (Å²) in [5.74, 6) is 0.123. The molecule has 0 spiro atoms. The van der Waals surface area contributed by atoms with Gasteiger partial charge in [0.15, 0.2) is 0 Å². The van der Waals surface area contributed by atoms with Gasteiger partial charge in [-0.2, -0.15) is 0 Å². The molecular weight excluding hydrogens is 234 g/mol. The van der Waals surface area contributed by atoms with Gasteiger partial charge in [-0.15, -0.1) is 6.58 Å². The largest absolute Gasteiger partial charge is 0.373 e. The van der Waals surface area contributed by atoms with Crippen LogP contribution in [-0.2, 0) is 9.53 Å². The van der Waals surface area contributed by atoms with Gasteiger partial charge in [-0.1, -0.05) is 11.2 Å². The first-order chi connectivity index (χ1) is 8.79. The standard InChI is InChI=1S/C11H15N5O2/c1-2-9-8(5-6-18-9)10(17)12-11-13-14-15-16(11)7-3-4-7/h2,7-9H,1,3-6H2,(H,12,13,15,17)/t8-,9+/m1/s1. The molecular formula is C11H15N5O2. The monoisotopic (exact) mass is 249 g/mol. The van der Waals surface area contributed by atoms with Gasteiger partial charge in [0, 0.05) is 6.61 Å². The third kappa shape index (κ3) is 2.01. The van der Waals surface area contributed by atoms with Gasteiger partial charge in [0.05, 0.1) is 18.1 Å². The average molecular weight is 249 g/mol. The van der Waals surface area contributed by atoms with E-state index in [4.69, 9.17) is 4.74 Å². The predicted octanol–water partition coefficient (Wildman–Crippen LogP) is 0.538. The van der Waals surface area contributed by atoms with Crippen LogP contribution in [0.5, 0.6) is 0 Å². The Kier molecular flexibility index (Phi) is 2.83. The van der Waals surface area contributed by atoms with E-state index < -0.39 is 0 Å². The number of tetrazole rings is 1. The highest BCUT2D eigenvalue weighted by Gasteiger charge is 2.34. The maximum atomic E-state index is 12.1. The van der Waals surface area contributed by atoms with Crippen LogP contribution >= 0.6 is 0 Å². The highest BCUT2D eigenvalue weighted by atomic mass is 16.5. The van der Waals surface area contributed by atoms with E-state index in [0.717, 1.165) is 12.8 Å². The van der Waals surface area contributed by atoms with Gasteiger partial charge in [0.25, 0.3) is 0 Å². The maximum absolute atomic E-state index is 12.1. The van der Waals surface area contributed by atoms with Crippen molar-refractivity contribution in [2.75, 3.05) is 11.9 Å². The second-order valence-corrected chi connectivity index (χ2v) is 4.63. The van der Waals surface area contributed by atoms with Crippen LogP contribution in [0.4, 0.5) is 5.95 Å². The summed E-state index contributed by atoms with van der Waals surface area (Å²) in [5, 5.41) is 14.1. The molecule has 1 saturated carbocycles. The number of amides is 1. The minimum atomic E-state index is -0.213. The smallest absolute Gasteiger partial charge is 0.249 e. The van der Waals surface area contributed by atoms with E-state index in [2.05, 4.69) is 27.4 Å². The Morgan fingerprint density at radius 3 is 3.06 bits per heavy atom. The molecule has 96 valence electrons. The second-order valence-electron chi connectivity index (χ2n) is 4.63. The lowest BCUT2D eigenvalue weighted by Crippen LogP contribution is -2.29. The molecule has 1 aromatic heterocycles. The molecule has 2 heterocycles. The lowest BCUT2D eigenvalue weighted by Gasteiger charge is -2.14. The Morgan fingerprint density at radius 2 is 2.33 bits per heavy atom. The van der Waals surface area contributed by atoms with Crippen LogP contribution in [0.2, 0.25) is 0 Å². The molecule has 7 nitrogen and oxygen atoms in total. The third-order valence-corrected chi connectivity index (χ3v) is 3.33. The molecule has 7 heteroatoms. The van der Waals surface area contributed by atoms with Crippen LogP contribution in [0.3, 0.4) is 0 Å². The number of hydrogen-bond donors (Lipinski definition) is 1. The Labute approximate surface area is 104 Å². The molecule has 1 aromatic rings. The lowest BCUT2D eigenvalue weighted by molar-refractivity contribution is -0.120. The van der Waals surface area contributed by atoms with E-state index in [0.29, 0.717) is 25.0 Å². The van der Waals surface area contributed by atoms with E-state index >= 15 is 0 Å². The van der Waals surface area contributed by atoms with Gasteiger partial charge < -0.3 is 4.74 Å². The molecule has 1 saturated heterocycles. The van der Waals surface area contributed by atoms with Crippen LogP contribution in [-0.4, -0.2) is 38.8 Å². The number of hydrogen-bond acceptors (Lipinski definition) is 5. The first-order valence-corrected chi connectivity index (χ1v) is 6.12. The van der Waals surface area contributed by atoms with E-state index in [1.54, 1.807) is 10.8 Å². The zero-order chi connectivity index (χ0) is 12.5. The van der Waals surface area contributed by atoms with Gasteiger partial charge in [0.1, 0.15) is 0 Å². The summed E-state index contributed by atoms with van der Waals surface area (Å²) in [6.45, 7) is 4.26. The molecule has 2 atom stereocenters. The highest BCUT2D eigenvalue weighted by Crippen LogP contribution is 2.35. The van der Waals surface area contributed by atoms with Crippen molar-refractivity contribution in [1.29, 1.82) is 0 Å². The minimum absolute atomic E-state index is 0.103. The van der Waals surface area contributed by atoms with Crippen molar-refractivity contribution in [2.45, 2.75) is 31.4 Å². The van der Waals surface area contributed by atoms with Crippen molar-refractivity contribution < 1.29 is 9.53 Å². The van der Waals surface area contributed by atoms with Crippen molar-refractivity contribution in [2.24, 2.45) is 5.92 Å². The molecule has 2 fully saturated rings. The van der Waals surface area contributed by atoms with Crippen molar-refractivity contribution in [3.8, 4) is 0 Å². The van der Waals surface area contributed by atoms with E-state index in [1.165, 1.54) is 0 Å². The van der Waals surface area contributed by atoms with Gasteiger partial charge in [-0.25, -0.2) is 4.68 Å². The molecule has 0 unspecified atom stereocenters. The molecule has 1 N–H and O–H groups in total. The molecule has 0 aromatic carbocycles. The SMILES string of the molecule is C=C[C@@H]1OCC[C@H]1C(=O)Nc1nnnn1C1CC1. The summed E-state index contributed by atoms with van der Waals surface area (Å²) in [6, 6.07) is 0.338. The summed E-state index contributed by atoms with van der Waals surface area (Å²) < 4.78 is 7.08. The maximum Gasteiger partial charge on any atom is 0.249 e. The number of ether oxygens (including phenoxy) is 1. The fourth-order valence-electron chi connectivity index (χ4n) is 2.17. The van der Waals surface area contributed by atoms with Crippen LogP contribution in [0.15, 0.2) is 12.7 Å². The molecule has 3 rings (SSSR count). The van der Waals surface area contributed by atoms with Gasteiger partial charge >= 0.3 is 0 Å². The molecule has 1 aliphatic carbocycles. The second kappa shape index (κ2) is 4.49. The van der Waals surface area contributed by atoms with Crippen molar-refractivity contribution >= 4 is 11.9 Å². The fraction of sp³-hybridized carbons (Fsp3) is 0.636. The predicted molar refractivity (Wildman–Crippen MR) is 62.8 cm³/mol. The number of anilines is 1. The number of carbonyl (C=O) groups excluding carboxylic acids is 1. The zero-order valence-corrected chi connectivity index (χ0v) is 9.95. The minimum Gasteiger partial charge on any atom is -0.373 e. The fourth-order valence-corrected chi connectivity index (χ4v) is 2.17. The Balaban J connectivity index is 1.70. The average Bonchev–Trinajstić information content (AvgIpc) is 2.93. The first-order valence-electron chi connectivity index (χ1n) is 6.12. The quantitative estimate of drug-likeness (QED) is 0.787. The zero-order valence-electron chi connectivity index (χ0n) is 9.95. The molecule has 0 bridgehead atoms. The Morgan fingerprint density at radius 1 is 1.50 bits per heavy atom. The topological polar surface area (TPSA) is 81.9 Å². The molecule has 2 aliphatic rings. The van der Waals surface area contributed by atoms with E-state index in [9.17, 15) is 4.79 Å². The van der Waals surface area contributed by atoms with E-state index in [1.807, 2.05) is 0 Å². The summed E-state index contributed by atoms with van der Waals surface area (Å²) in [5.41, 5.74) is 0. The van der Waals surface area contributed by atoms with Crippen LogP contribution in [0.25, 0.3) is 0 Å². The summed E-state index contributed by atoms with van der Waals surface area (Å²) in [7, 11) is 0. The number of aromatic nitrogens is 4. The highest BCUT2D eigenvalue weighted by molar-refractivity contribution is 5.91. The van der Waals surface area contributed by atoms with Crippen LogP contribution in [0, 0.1) is 5.92 Å².